The summed E-state index contributed by atoms with van der Waals surface area (Å²) in [6, 6.07) is 5.51. The Bertz CT molecular complexity index is 331. The summed E-state index contributed by atoms with van der Waals surface area (Å²) < 4.78 is 5.43. The van der Waals surface area contributed by atoms with Crippen molar-refractivity contribution in [2.75, 3.05) is 25.1 Å². The van der Waals surface area contributed by atoms with Crippen molar-refractivity contribution in [2.24, 2.45) is 5.92 Å². The van der Waals surface area contributed by atoms with Crippen LogP contribution in [0.2, 0.25) is 10.0 Å². The summed E-state index contributed by atoms with van der Waals surface area (Å²) >= 11 is 11.8. The fourth-order valence-electron chi connectivity index (χ4n) is 1.89. The van der Waals surface area contributed by atoms with Crippen LogP contribution in [0.1, 0.15) is 12.8 Å². The Labute approximate surface area is 106 Å². The van der Waals surface area contributed by atoms with Crippen molar-refractivity contribution in [2.45, 2.75) is 12.8 Å². The molecule has 0 aliphatic carbocycles. The highest BCUT2D eigenvalue weighted by Gasteiger charge is 2.13. The quantitative estimate of drug-likeness (QED) is 0.891. The Morgan fingerprint density at radius 2 is 2.00 bits per heavy atom. The molecule has 0 radical (unpaired) electrons. The van der Waals surface area contributed by atoms with Crippen molar-refractivity contribution >= 4 is 28.9 Å². The molecular weight excluding hydrogens is 245 g/mol. The second-order valence-corrected chi connectivity index (χ2v) is 5.00. The molecule has 0 aromatic heterocycles. The zero-order valence-corrected chi connectivity index (χ0v) is 10.5. The summed E-state index contributed by atoms with van der Waals surface area (Å²) in [7, 11) is 0. The van der Waals surface area contributed by atoms with Crippen molar-refractivity contribution in [3.63, 3.8) is 0 Å². The summed E-state index contributed by atoms with van der Waals surface area (Å²) in [6.45, 7) is 2.66. The standard InChI is InChI=1S/C12H15Cl2NO/c13-10-4-11(14)6-12(5-10)15-7-9-2-1-3-16-8-9/h4-6,9,15H,1-3,7-8H2. The van der Waals surface area contributed by atoms with Gasteiger partial charge in [-0.05, 0) is 37.0 Å². The maximum Gasteiger partial charge on any atom is 0.0511 e. The van der Waals surface area contributed by atoms with Crippen LogP contribution < -0.4 is 5.32 Å². The maximum atomic E-state index is 5.92. The average molecular weight is 260 g/mol. The first-order chi connectivity index (χ1) is 7.74. The molecule has 1 saturated heterocycles. The molecule has 2 rings (SSSR count). The predicted molar refractivity (Wildman–Crippen MR) is 68.5 cm³/mol. The highest BCUT2D eigenvalue weighted by atomic mass is 35.5. The van der Waals surface area contributed by atoms with Crippen LogP contribution in [-0.4, -0.2) is 19.8 Å². The lowest BCUT2D eigenvalue weighted by molar-refractivity contribution is 0.0595. The van der Waals surface area contributed by atoms with Gasteiger partial charge in [-0.3, -0.25) is 0 Å². The third kappa shape index (κ3) is 3.55. The molecule has 1 atom stereocenters. The summed E-state index contributed by atoms with van der Waals surface area (Å²) in [5.41, 5.74) is 0.975. The lowest BCUT2D eigenvalue weighted by Gasteiger charge is -2.22. The minimum atomic E-state index is 0.589. The number of benzene rings is 1. The Kier molecular flexibility index (Phi) is 4.33. The van der Waals surface area contributed by atoms with Gasteiger partial charge >= 0.3 is 0 Å². The molecule has 0 bridgehead atoms. The van der Waals surface area contributed by atoms with E-state index < -0.39 is 0 Å². The molecule has 1 heterocycles. The van der Waals surface area contributed by atoms with E-state index in [0.717, 1.165) is 31.9 Å². The van der Waals surface area contributed by atoms with Crippen LogP contribution in [-0.2, 0) is 4.74 Å². The molecule has 1 fully saturated rings. The number of anilines is 1. The summed E-state index contributed by atoms with van der Waals surface area (Å²) in [4.78, 5) is 0. The van der Waals surface area contributed by atoms with Crippen molar-refractivity contribution in [1.29, 1.82) is 0 Å². The lowest BCUT2D eigenvalue weighted by Crippen LogP contribution is -2.24. The van der Waals surface area contributed by atoms with Crippen molar-refractivity contribution in [1.82, 2.24) is 0 Å². The Balaban J connectivity index is 1.88. The first kappa shape index (κ1) is 12.0. The fraction of sp³-hybridized carbons (Fsp3) is 0.500. The molecule has 1 unspecified atom stereocenters. The number of rotatable bonds is 3. The number of halogens is 2. The van der Waals surface area contributed by atoms with Gasteiger partial charge in [0.15, 0.2) is 0 Å². The van der Waals surface area contributed by atoms with Gasteiger partial charge in [-0.15, -0.1) is 0 Å². The van der Waals surface area contributed by atoms with Gasteiger partial charge in [-0.2, -0.15) is 0 Å². The van der Waals surface area contributed by atoms with Gasteiger partial charge in [-0.1, -0.05) is 23.2 Å². The number of ether oxygens (including phenoxy) is 1. The average Bonchev–Trinajstić information content (AvgIpc) is 2.27. The van der Waals surface area contributed by atoms with Gasteiger partial charge in [0.1, 0.15) is 0 Å². The van der Waals surface area contributed by atoms with E-state index in [9.17, 15) is 0 Å². The second kappa shape index (κ2) is 5.76. The zero-order valence-electron chi connectivity index (χ0n) is 9.01. The molecule has 1 N–H and O–H groups in total. The van der Waals surface area contributed by atoms with Crippen LogP contribution in [0.3, 0.4) is 0 Å². The Hall–Kier alpha value is -0.440. The molecule has 1 aliphatic rings. The second-order valence-electron chi connectivity index (χ2n) is 4.12. The third-order valence-electron chi connectivity index (χ3n) is 2.71. The van der Waals surface area contributed by atoms with Crippen LogP contribution in [0.15, 0.2) is 18.2 Å². The van der Waals surface area contributed by atoms with Crippen molar-refractivity contribution in [3.05, 3.63) is 28.2 Å². The van der Waals surface area contributed by atoms with Crippen LogP contribution in [0, 0.1) is 5.92 Å². The van der Waals surface area contributed by atoms with Crippen molar-refractivity contribution < 1.29 is 4.74 Å². The Morgan fingerprint density at radius 1 is 1.25 bits per heavy atom. The molecule has 2 nitrogen and oxygen atoms in total. The van der Waals surface area contributed by atoms with E-state index in [1.54, 1.807) is 6.07 Å². The van der Waals surface area contributed by atoms with Crippen LogP contribution >= 0.6 is 23.2 Å². The van der Waals surface area contributed by atoms with Gasteiger partial charge in [0.2, 0.25) is 0 Å². The lowest BCUT2D eigenvalue weighted by atomic mass is 10.0. The molecular formula is C12H15Cl2NO. The molecule has 1 aromatic rings. The number of nitrogens with one attached hydrogen (secondary N) is 1. The molecule has 88 valence electrons. The molecule has 16 heavy (non-hydrogen) atoms. The molecule has 0 amide bonds. The highest BCUT2D eigenvalue weighted by Crippen LogP contribution is 2.23. The van der Waals surface area contributed by atoms with E-state index in [2.05, 4.69) is 5.32 Å². The topological polar surface area (TPSA) is 21.3 Å². The van der Waals surface area contributed by atoms with E-state index in [4.69, 9.17) is 27.9 Å². The SMILES string of the molecule is Clc1cc(Cl)cc(NCC2CCCOC2)c1. The van der Waals surface area contributed by atoms with Gasteiger partial charge in [0, 0.05) is 28.9 Å². The van der Waals surface area contributed by atoms with Gasteiger partial charge in [-0.25, -0.2) is 0 Å². The largest absolute Gasteiger partial charge is 0.385 e. The smallest absolute Gasteiger partial charge is 0.0511 e. The minimum Gasteiger partial charge on any atom is -0.385 e. The molecule has 1 aromatic carbocycles. The van der Waals surface area contributed by atoms with Gasteiger partial charge < -0.3 is 10.1 Å². The van der Waals surface area contributed by atoms with Crippen molar-refractivity contribution in [3.8, 4) is 0 Å². The van der Waals surface area contributed by atoms with E-state index in [0.29, 0.717) is 16.0 Å². The number of hydrogen-bond donors (Lipinski definition) is 1. The highest BCUT2D eigenvalue weighted by molar-refractivity contribution is 6.35. The predicted octanol–water partition coefficient (Wildman–Crippen LogP) is 3.83. The van der Waals surface area contributed by atoms with Crippen LogP contribution in [0.25, 0.3) is 0 Å². The normalized spacial score (nSPS) is 20.8. The van der Waals surface area contributed by atoms with E-state index in [-0.39, 0.29) is 0 Å². The monoisotopic (exact) mass is 259 g/mol. The van der Waals surface area contributed by atoms with E-state index in [1.807, 2.05) is 12.1 Å². The molecule has 4 heteroatoms. The summed E-state index contributed by atoms with van der Waals surface area (Å²) in [6.07, 6.45) is 2.38. The first-order valence-electron chi connectivity index (χ1n) is 5.52. The molecule has 0 saturated carbocycles. The molecule has 0 spiro atoms. The van der Waals surface area contributed by atoms with E-state index in [1.165, 1.54) is 6.42 Å². The maximum absolute atomic E-state index is 5.92. The molecule has 1 aliphatic heterocycles. The van der Waals surface area contributed by atoms with Gasteiger partial charge in [0.25, 0.3) is 0 Å². The minimum absolute atomic E-state index is 0.589. The van der Waals surface area contributed by atoms with Gasteiger partial charge in [0.05, 0.1) is 6.61 Å². The van der Waals surface area contributed by atoms with Crippen LogP contribution in [0.5, 0.6) is 0 Å². The van der Waals surface area contributed by atoms with Crippen LogP contribution in [0.4, 0.5) is 5.69 Å². The Morgan fingerprint density at radius 3 is 2.62 bits per heavy atom. The fourth-order valence-corrected chi connectivity index (χ4v) is 2.41. The zero-order chi connectivity index (χ0) is 11.4. The summed E-state index contributed by atoms with van der Waals surface area (Å²) in [5.74, 6) is 0.589. The summed E-state index contributed by atoms with van der Waals surface area (Å²) in [5, 5.41) is 4.67. The number of hydrogen-bond acceptors (Lipinski definition) is 2. The third-order valence-corrected chi connectivity index (χ3v) is 3.15. The first-order valence-corrected chi connectivity index (χ1v) is 6.27. The van der Waals surface area contributed by atoms with E-state index >= 15 is 0 Å².